The van der Waals surface area contributed by atoms with Gasteiger partial charge >= 0.3 is 0 Å². The zero-order valence-electron chi connectivity index (χ0n) is 22.8. The zero-order valence-corrected chi connectivity index (χ0v) is 22.8. The van der Waals surface area contributed by atoms with Gasteiger partial charge < -0.3 is 4.42 Å². The van der Waals surface area contributed by atoms with Gasteiger partial charge in [-0.25, -0.2) is 15.0 Å². The van der Waals surface area contributed by atoms with Crippen LogP contribution in [0.25, 0.3) is 78.9 Å². The largest absolute Gasteiger partial charge is 0.436 e. The van der Waals surface area contributed by atoms with E-state index in [4.69, 9.17) is 24.4 Å². The highest BCUT2D eigenvalue weighted by Gasteiger charge is 2.22. The molecule has 0 bridgehead atoms. The summed E-state index contributed by atoms with van der Waals surface area (Å²) in [6.45, 7) is 0. The van der Waals surface area contributed by atoms with Crippen molar-refractivity contribution in [2.75, 3.05) is 0 Å². The van der Waals surface area contributed by atoms with Crippen LogP contribution in [-0.4, -0.2) is 28.9 Å². The van der Waals surface area contributed by atoms with E-state index < -0.39 is 0 Å². The number of aromatic nitrogens is 6. The Balaban J connectivity index is 1.33. The highest BCUT2D eigenvalue weighted by Crippen LogP contribution is 2.36. The number of nitrogens with zero attached hydrogens (tertiary/aromatic N) is 6. The van der Waals surface area contributed by atoms with E-state index in [9.17, 15) is 0 Å². The summed E-state index contributed by atoms with van der Waals surface area (Å²) in [5.41, 5.74) is 8.14. The van der Waals surface area contributed by atoms with Crippen molar-refractivity contribution in [2.24, 2.45) is 0 Å². The molecule has 0 aliphatic heterocycles. The molecule has 4 heterocycles. The Morgan fingerprint density at radius 1 is 0.488 bits per heavy atom. The minimum absolute atomic E-state index is 0.604. The topological polar surface area (TPSA) is 74.0 Å². The molecule has 0 N–H and O–H groups in total. The highest BCUT2D eigenvalue weighted by molar-refractivity contribution is 6.06. The van der Waals surface area contributed by atoms with Gasteiger partial charge in [0.05, 0.1) is 11.0 Å². The molecule has 9 rings (SSSR count). The molecule has 0 amide bonds. The van der Waals surface area contributed by atoms with E-state index in [1.165, 1.54) is 0 Å². The zero-order chi connectivity index (χ0) is 28.3. The van der Waals surface area contributed by atoms with Crippen molar-refractivity contribution in [3.8, 4) is 39.9 Å². The maximum Gasteiger partial charge on any atom is 0.248 e. The van der Waals surface area contributed by atoms with E-state index in [2.05, 4.69) is 45.4 Å². The molecule has 0 spiro atoms. The van der Waals surface area contributed by atoms with Gasteiger partial charge in [0, 0.05) is 27.8 Å². The first-order chi connectivity index (χ1) is 21.3. The SMILES string of the molecule is c1ccc(-c2nc(-c3ccccc3)nc(-c3ccc4c(c3)n(-c3ccccc3)c3nc5oc6ccccc6c5n43)n2)cc1. The molecule has 0 radical (unpaired) electrons. The molecule has 7 nitrogen and oxygen atoms in total. The van der Waals surface area contributed by atoms with Gasteiger partial charge in [0.15, 0.2) is 17.5 Å². The molecule has 0 aliphatic carbocycles. The monoisotopic (exact) mass is 554 g/mol. The van der Waals surface area contributed by atoms with Crippen molar-refractivity contribution >= 4 is 39.0 Å². The lowest BCUT2D eigenvalue weighted by Gasteiger charge is -2.09. The summed E-state index contributed by atoms with van der Waals surface area (Å²) >= 11 is 0. The summed E-state index contributed by atoms with van der Waals surface area (Å²) in [5.74, 6) is 2.64. The summed E-state index contributed by atoms with van der Waals surface area (Å²) in [6, 6.07) is 44.7. The average molecular weight is 555 g/mol. The first-order valence-corrected chi connectivity index (χ1v) is 14.1. The van der Waals surface area contributed by atoms with Crippen LogP contribution < -0.4 is 0 Å². The Bertz CT molecular complexity index is 2380. The summed E-state index contributed by atoms with van der Waals surface area (Å²) in [4.78, 5) is 19.8. The standard InChI is InChI=1S/C36H22N6O/c1-4-12-23(13-5-1)32-37-33(24-14-6-2-7-15-24)39-34(38-32)25-20-21-28-29(22-25)41(26-16-8-3-9-17-26)36-40-35-31(42(28)36)27-18-10-11-19-30(27)43-35/h1-22H. The van der Waals surface area contributed by atoms with Crippen LogP contribution in [0.2, 0.25) is 0 Å². The molecule has 5 aromatic carbocycles. The molecule has 43 heavy (non-hydrogen) atoms. The predicted octanol–water partition coefficient (Wildman–Crippen LogP) is 8.36. The van der Waals surface area contributed by atoms with Gasteiger partial charge in [-0.2, -0.15) is 4.98 Å². The van der Waals surface area contributed by atoms with Gasteiger partial charge in [-0.15, -0.1) is 0 Å². The number of hydrogen-bond acceptors (Lipinski definition) is 5. The van der Waals surface area contributed by atoms with Crippen LogP contribution in [0.15, 0.2) is 138 Å². The molecular weight excluding hydrogens is 532 g/mol. The second-order valence-corrected chi connectivity index (χ2v) is 10.4. The predicted molar refractivity (Wildman–Crippen MR) is 169 cm³/mol. The fourth-order valence-corrected chi connectivity index (χ4v) is 5.84. The van der Waals surface area contributed by atoms with Crippen LogP contribution in [0.3, 0.4) is 0 Å². The Labute approximate surface area is 245 Å². The molecule has 9 aromatic rings. The van der Waals surface area contributed by atoms with Crippen LogP contribution in [-0.2, 0) is 0 Å². The Hall–Kier alpha value is -6.08. The molecule has 0 saturated heterocycles. The van der Waals surface area contributed by atoms with Crippen LogP contribution in [0.5, 0.6) is 0 Å². The number of imidazole rings is 2. The second-order valence-electron chi connectivity index (χ2n) is 10.4. The first-order valence-electron chi connectivity index (χ1n) is 14.1. The quantitative estimate of drug-likeness (QED) is 0.219. The van der Waals surface area contributed by atoms with E-state index in [0.717, 1.165) is 55.7 Å². The van der Waals surface area contributed by atoms with E-state index in [0.29, 0.717) is 23.2 Å². The van der Waals surface area contributed by atoms with Gasteiger partial charge in [0.25, 0.3) is 0 Å². The van der Waals surface area contributed by atoms with Crippen molar-refractivity contribution in [1.82, 2.24) is 28.9 Å². The van der Waals surface area contributed by atoms with Gasteiger partial charge in [-0.05, 0) is 42.5 Å². The molecule has 0 unspecified atom stereocenters. The molecule has 0 saturated carbocycles. The van der Waals surface area contributed by atoms with E-state index in [1.807, 2.05) is 97.1 Å². The summed E-state index contributed by atoms with van der Waals surface area (Å²) in [6.07, 6.45) is 0. The summed E-state index contributed by atoms with van der Waals surface area (Å²) in [5, 5.41) is 1.03. The van der Waals surface area contributed by atoms with E-state index in [1.54, 1.807) is 0 Å². The lowest BCUT2D eigenvalue weighted by atomic mass is 10.1. The third kappa shape index (κ3) is 3.68. The molecule has 0 fully saturated rings. The fourth-order valence-electron chi connectivity index (χ4n) is 5.84. The van der Waals surface area contributed by atoms with Gasteiger partial charge in [0.1, 0.15) is 11.1 Å². The number of rotatable bonds is 4. The lowest BCUT2D eigenvalue weighted by molar-refractivity contribution is 0.656. The number of fused-ring (bicyclic) bond motifs is 7. The number of para-hydroxylation sites is 2. The average Bonchev–Trinajstić information content (AvgIpc) is 3.72. The third-order valence-corrected chi connectivity index (χ3v) is 7.81. The molecule has 0 atom stereocenters. The first kappa shape index (κ1) is 23.6. The number of hydrogen-bond donors (Lipinski definition) is 0. The molecule has 7 heteroatoms. The fraction of sp³-hybridized carbons (Fsp3) is 0. The number of furan rings is 1. The van der Waals surface area contributed by atoms with Crippen molar-refractivity contribution in [2.45, 2.75) is 0 Å². The van der Waals surface area contributed by atoms with Gasteiger partial charge in [0.2, 0.25) is 11.5 Å². The van der Waals surface area contributed by atoms with Crippen LogP contribution >= 0.6 is 0 Å². The Kier molecular flexibility index (Phi) is 5.06. The van der Waals surface area contributed by atoms with Gasteiger partial charge in [-0.1, -0.05) is 91.0 Å². The summed E-state index contributed by atoms with van der Waals surface area (Å²) in [7, 11) is 0. The van der Waals surface area contributed by atoms with E-state index >= 15 is 0 Å². The van der Waals surface area contributed by atoms with Crippen LogP contribution in [0.4, 0.5) is 0 Å². The third-order valence-electron chi connectivity index (χ3n) is 7.81. The lowest BCUT2D eigenvalue weighted by Crippen LogP contribution is -2.00. The molecule has 0 aliphatic rings. The highest BCUT2D eigenvalue weighted by atomic mass is 16.3. The van der Waals surface area contributed by atoms with Crippen molar-refractivity contribution in [1.29, 1.82) is 0 Å². The minimum atomic E-state index is 0.604. The Morgan fingerprint density at radius 2 is 1.07 bits per heavy atom. The van der Waals surface area contributed by atoms with Crippen molar-refractivity contribution in [3.05, 3.63) is 133 Å². The normalized spacial score (nSPS) is 11.7. The molecule has 4 aromatic heterocycles. The Morgan fingerprint density at radius 3 is 1.74 bits per heavy atom. The van der Waals surface area contributed by atoms with Crippen LogP contribution in [0, 0.1) is 0 Å². The minimum Gasteiger partial charge on any atom is -0.436 e. The maximum atomic E-state index is 6.17. The van der Waals surface area contributed by atoms with Crippen molar-refractivity contribution in [3.63, 3.8) is 0 Å². The number of benzene rings is 5. The smallest absolute Gasteiger partial charge is 0.248 e. The molecule has 202 valence electrons. The van der Waals surface area contributed by atoms with Crippen LogP contribution in [0.1, 0.15) is 0 Å². The van der Waals surface area contributed by atoms with E-state index in [-0.39, 0.29) is 0 Å². The second kappa shape index (κ2) is 9.22. The molecular formula is C36H22N6O. The van der Waals surface area contributed by atoms with Gasteiger partial charge in [-0.3, -0.25) is 8.97 Å². The van der Waals surface area contributed by atoms with Crippen molar-refractivity contribution < 1.29 is 4.42 Å². The summed E-state index contributed by atoms with van der Waals surface area (Å²) < 4.78 is 10.5. The maximum absolute atomic E-state index is 6.17.